The van der Waals surface area contributed by atoms with E-state index in [0.717, 1.165) is 10.7 Å². The minimum Gasteiger partial charge on any atom is -0.434 e. The lowest BCUT2D eigenvalue weighted by molar-refractivity contribution is -0.244. The normalized spacial score (nSPS) is 11.6. The van der Waals surface area contributed by atoms with Crippen LogP contribution >= 0.6 is 0 Å². The van der Waals surface area contributed by atoms with E-state index in [9.17, 15) is 18.4 Å². The number of rotatable bonds is 7. The Morgan fingerprint density at radius 1 is 1.24 bits per heavy atom. The molecule has 8 nitrogen and oxygen atoms in total. The summed E-state index contributed by atoms with van der Waals surface area (Å²) in [7, 11) is 2.46. The Hall–Kier alpha value is -2.85. The third-order valence-corrected chi connectivity index (χ3v) is 3.34. The lowest BCUT2D eigenvalue weighted by Crippen LogP contribution is -2.42. The van der Waals surface area contributed by atoms with Gasteiger partial charge in [-0.05, 0) is 12.1 Å². The molecule has 0 saturated carbocycles. The third-order valence-electron chi connectivity index (χ3n) is 3.34. The van der Waals surface area contributed by atoms with Crippen LogP contribution in [0.15, 0.2) is 41.3 Å². The second kappa shape index (κ2) is 7.36. The van der Waals surface area contributed by atoms with Crippen LogP contribution in [0.4, 0.5) is 8.78 Å². The Kier molecular flexibility index (Phi) is 5.45. The first-order valence-corrected chi connectivity index (χ1v) is 6.90. The monoisotopic (exact) mass is 355 g/mol. The minimum atomic E-state index is -3.09. The van der Waals surface area contributed by atoms with Crippen molar-refractivity contribution in [3.05, 3.63) is 58.0 Å². The van der Waals surface area contributed by atoms with Gasteiger partial charge in [-0.15, -0.1) is 0 Å². The summed E-state index contributed by atoms with van der Waals surface area (Å²) in [6.45, 7) is -3.09. The summed E-state index contributed by atoms with van der Waals surface area (Å²) in [6.07, 6.45) is 1.17. The molecule has 1 aromatic carbocycles. The molecule has 0 aliphatic rings. The number of hydrogen-bond acceptors (Lipinski definition) is 6. The molecule has 1 heterocycles. The van der Waals surface area contributed by atoms with Crippen LogP contribution in [0.5, 0.6) is 5.75 Å². The zero-order chi connectivity index (χ0) is 18.6. The summed E-state index contributed by atoms with van der Waals surface area (Å²) < 4.78 is 41.6. The van der Waals surface area contributed by atoms with Crippen molar-refractivity contribution in [1.82, 2.24) is 9.78 Å². The molecule has 0 aliphatic heterocycles. The molecule has 25 heavy (non-hydrogen) atoms. The summed E-state index contributed by atoms with van der Waals surface area (Å²) in [5.74, 6) is -3.18. The van der Waals surface area contributed by atoms with E-state index in [1.54, 1.807) is 0 Å². The number of alkyl halides is 2. The Morgan fingerprint density at radius 3 is 2.44 bits per heavy atom. The van der Waals surface area contributed by atoms with Crippen LogP contribution in [0.1, 0.15) is 16.1 Å². The average Bonchev–Trinajstić information content (AvgIpc) is 2.58. The minimum absolute atomic E-state index is 0.0341. The maximum Gasteiger partial charge on any atom is 0.387 e. The number of benzene rings is 1. The van der Waals surface area contributed by atoms with Gasteiger partial charge < -0.3 is 19.9 Å². The maximum absolute atomic E-state index is 12.7. The molecule has 2 aromatic rings. The molecule has 2 N–H and O–H groups in total. The third kappa shape index (κ3) is 3.49. The highest BCUT2D eigenvalue weighted by molar-refractivity contribution is 5.90. The number of nitrogens with zero attached hydrogens (tertiary/aromatic N) is 2. The van der Waals surface area contributed by atoms with E-state index in [-0.39, 0.29) is 11.3 Å². The number of ether oxygens (including phenoxy) is 3. The quantitative estimate of drug-likeness (QED) is 0.740. The van der Waals surface area contributed by atoms with Crippen LogP contribution in [0.3, 0.4) is 0 Å². The van der Waals surface area contributed by atoms with Crippen molar-refractivity contribution in [2.75, 3.05) is 14.2 Å². The first kappa shape index (κ1) is 18.5. The summed E-state index contributed by atoms with van der Waals surface area (Å²) in [5, 5.41) is 3.82. The van der Waals surface area contributed by atoms with E-state index in [0.29, 0.717) is 0 Å². The van der Waals surface area contributed by atoms with E-state index in [1.165, 1.54) is 44.7 Å². The highest BCUT2D eigenvalue weighted by Gasteiger charge is 2.39. The number of nitrogens with two attached hydrogens (primary N) is 1. The lowest BCUT2D eigenvalue weighted by Gasteiger charge is -2.33. The first-order chi connectivity index (χ1) is 11.9. The van der Waals surface area contributed by atoms with Gasteiger partial charge in [0.2, 0.25) is 5.43 Å². The number of carbonyl (C=O) groups excluding carboxylic acids is 1. The zero-order valence-corrected chi connectivity index (χ0v) is 13.3. The van der Waals surface area contributed by atoms with Crippen molar-refractivity contribution in [3.63, 3.8) is 0 Å². The highest BCUT2D eigenvalue weighted by Crippen LogP contribution is 2.35. The van der Waals surface area contributed by atoms with Gasteiger partial charge in [0.1, 0.15) is 5.75 Å². The SMILES string of the molecule is COC(OC)(c1ccccc1OC(F)F)n1ccc(=O)c(C(N)=O)n1. The van der Waals surface area contributed by atoms with Gasteiger partial charge in [0.05, 0.1) is 5.56 Å². The molecule has 0 atom stereocenters. The molecular formula is C15H15F2N3O5. The fraction of sp³-hybridized carbons (Fsp3) is 0.267. The predicted octanol–water partition coefficient (Wildman–Crippen LogP) is 0.895. The molecule has 1 amide bonds. The van der Waals surface area contributed by atoms with Gasteiger partial charge in [0.25, 0.3) is 5.91 Å². The van der Waals surface area contributed by atoms with Crippen molar-refractivity contribution < 1.29 is 27.8 Å². The average molecular weight is 355 g/mol. The van der Waals surface area contributed by atoms with Crippen LogP contribution < -0.4 is 15.9 Å². The molecular weight excluding hydrogens is 340 g/mol. The molecule has 0 fully saturated rings. The van der Waals surface area contributed by atoms with Gasteiger partial charge in [-0.25, -0.2) is 4.68 Å². The van der Waals surface area contributed by atoms with Gasteiger partial charge in [0.15, 0.2) is 5.69 Å². The standard InChI is InChI=1S/C15H15F2N3O5/c1-23-15(24-2,9-5-3-4-6-11(9)25-14(16)17)20-8-7-10(21)12(19-20)13(18)22/h3-8,14H,1-2H3,(H2,18,22). The number of amides is 1. The molecule has 0 saturated heterocycles. The Labute approximate surface area is 140 Å². The highest BCUT2D eigenvalue weighted by atomic mass is 19.3. The van der Waals surface area contributed by atoms with Crippen LogP contribution in [-0.4, -0.2) is 36.5 Å². The summed E-state index contributed by atoms with van der Waals surface area (Å²) in [5.41, 5.74) is 3.89. The molecule has 0 aliphatic carbocycles. The molecule has 1 aromatic heterocycles. The fourth-order valence-electron chi connectivity index (χ4n) is 2.28. The Morgan fingerprint density at radius 2 is 1.88 bits per heavy atom. The summed E-state index contributed by atoms with van der Waals surface area (Å²) in [4.78, 5) is 23.1. The Bertz CT molecular complexity index is 821. The van der Waals surface area contributed by atoms with Crippen LogP contribution in [0.2, 0.25) is 0 Å². The van der Waals surface area contributed by atoms with Crippen molar-refractivity contribution >= 4 is 5.91 Å². The largest absolute Gasteiger partial charge is 0.434 e. The van der Waals surface area contributed by atoms with Gasteiger partial charge in [-0.3, -0.25) is 9.59 Å². The van der Waals surface area contributed by atoms with Crippen LogP contribution in [0, 0.1) is 0 Å². The van der Waals surface area contributed by atoms with Crippen molar-refractivity contribution in [3.8, 4) is 5.75 Å². The van der Waals surface area contributed by atoms with Gasteiger partial charge in [-0.2, -0.15) is 13.9 Å². The molecule has 0 bridgehead atoms. The number of para-hydroxylation sites is 1. The number of aromatic nitrogens is 2. The van der Waals surface area contributed by atoms with E-state index < -0.39 is 29.6 Å². The first-order valence-electron chi connectivity index (χ1n) is 6.90. The number of halogens is 2. The van der Waals surface area contributed by atoms with Gasteiger partial charge in [0, 0.05) is 26.5 Å². The topological polar surface area (TPSA) is 106 Å². The number of methoxy groups -OCH3 is 2. The van der Waals surface area contributed by atoms with E-state index in [4.69, 9.17) is 15.2 Å². The van der Waals surface area contributed by atoms with E-state index in [1.807, 2.05) is 0 Å². The Balaban J connectivity index is 2.71. The van der Waals surface area contributed by atoms with Gasteiger partial charge >= 0.3 is 12.5 Å². The molecule has 0 spiro atoms. The summed E-state index contributed by atoms with van der Waals surface area (Å²) in [6, 6.07) is 6.74. The zero-order valence-electron chi connectivity index (χ0n) is 13.3. The lowest BCUT2D eigenvalue weighted by atomic mass is 10.1. The molecule has 10 heteroatoms. The second-order valence-corrected chi connectivity index (χ2v) is 4.70. The smallest absolute Gasteiger partial charge is 0.387 e. The predicted molar refractivity (Wildman–Crippen MR) is 81.2 cm³/mol. The van der Waals surface area contributed by atoms with Crippen molar-refractivity contribution in [2.24, 2.45) is 5.73 Å². The molecule has 2 rings (SSSR count). The molecule has 0 unspecified atom stereocenters. The van der Waals surface area contributed by atoms with Crippen LogP contribution in [0.25, 0.3) is 0 Å². The summed E-state index contributed by atoms with van der Waals surface area (Å²) >= 11 is 0. The van der Waals surface area contributed by atoms with Crippen molar-refractivity contribution in [2.45, 2.75) is 12.5 Å². The van der Waals surface area contributed by atoms with E-state index in [2.05, 4.69) is 9.84 Å². The molecule has 0 radical (unpaired) electrons. The number of primary amides is 1. The van der Waals surface area contributed by atoms with Gasteiger partial charge in [-0.1, -0.05) is 12.1 Å². The second-order valence-electron chi connectivity index (χ2n) is 4.70. The number of carbonyl (C=O) groups is 1. The number of hydrogen-bond donors (Lipinski definition) is 1. The van der Waals surface area contributed by atoms with E-state index >= 15 is 0 Å². The van der Waals surface area contributed by atoms with Crippen LogP contribution in [-0.2, 0) is 15.4 Å². The fourth-order valence-corrected chi connectivity index (χ4v) is 2.28. The van der Waals surface area contributed by atoms with Crippen molar-refractivity contribution in [1.29, 1.82) is 0 Å². The maximum atomic E-state index is 12.7. The molecule has 134 valence electrons.